The molecule has 0 aliphatic heterocycles. The number of nitrogens with zero attached hydrogens (tertiary/aromatic N) is 2. The summed E-state index contributed by atoms with van der Waals surface area (Å²) in [6, 6.07) is 0. The fourth-order valence-electron chi connectivity index (χ4n) is 1.24. The molecule has 0 saturated heterocycles. The minimum atomic E-state index is 0.999. The summed E-state index contributed by atoms with van der Waals surface area (Å²) >= 11 is 0. The summed E-state index contributed by atoms with van der Waals surface area (Å²) in [7, 11) is 1.61. The zero-order chi connectivity index (χ0) is 7.68. The van der Waals surface area contributed by atoms with Gasteiger partial charge in [-0.05, 0) is 17.7 Å². The molecule has 0 radical (unpaired) electrons. The van der Waals surface area contributed by atoms with Gasteiger partial charge in [0.15, 0.2) is 0 Å². The molecule has 1 heterocycles. The van der Waals surface area contributed by atoms with E-state index in [1.807, 2.05) is 6.08 Å². The van der Waals surface area contributed by atoms with Gasteiger partial charge >= 0.3 is 0 Å². The fourth-order valence-corrected chi connectivity index (χ4v) is 1.24. The van der Waals surface area contributed by atoms with Crippen LogP contribution in [0, 0.1) is 0 Å². The summed E-state index contributed by atoms with van der Waals surface area (Å²) in [6.45, 7) is 0. The maximum Gasteiger partial charge on any atom is 0.244 e. The molecule has 1 aliphatic carbocycles. The predicted molar refractivity (Wildman–Crippen MR) is 38.6 cm³/mol. The van der Waals surface area contributed by atoms with Crippen molar-refractivity contribution in [1.82, 2.24) is 10.3 Å². The van der Waals surface area contributed by atoms with E-state index in [9.17, 15) is 0 Å². The second kappa shape index (κ2) is 2.38. The number of aromatic nitrogens is 3. The number of H-pyrrole nitrogens is 1. The molecule has 0 atom stereocenters. The number of aromatic amines is 1. The van der Waals surface area contributed by atoms with E-state index >= 15 is 0 Å². The van der Waals surface area contributed by atoms with E-state index in [0.29, 0.717) is 0 Å². The summed E-state index contributed by atoms with van der Waals surface area (Å²) in [5.74, 6) is 0. The van der Waals surface area contributed by atoms with Crippen LogP contribution in [0.3, 0.4) is 0 Å². The lowest BCUT2D eigenvalue weighted by Gasteiger charge is -1.96. The number of fused-ring (bicyclic) bond motifs is 1. The van der Waals surface area contributed by atoms with Crippen LogP contribution in [0.25, 0.3) is 6.08 Å². The lowest BCUT2D eigenvalue weighted by Crippen LogP contribution is -2.45. The third-order valence-electron chi connectivity index (χ3n) is 1.80. The maximum atomic E-state index is 5.00. The molecule has 58 valence electrons. The Morgan fingerprint density at radius 2 is 2.64 bits per heavy atom. The van der Waals surface area contributed by atoms with Crippen molar-refractivity contribution in [1.29, 1.82) is 0 Å². The van der Waals surface area contributed by atoms with Gasteiger partial charge in [-0.1, -0.05) is 6.08 Å². The van der Waals surface area contributed by atoms with E-state index in [-0.39, 0.29) is 0 Å². The number of rotatable bonds is 1. The van der Waals surface area contributed by atoms with E-state index in [0.717, 1.165) is 24.2 Å². The molecule has 11 heavy (non-hydrogen) atoms. The van der Waals surface area contributed by atoms with Crippen LogP contribution in [-0.4, -0.2) is 17.4 Å². The van der Waals surface area contributed by atoms with Crippen LogP contribution in [0.15, 0.2) is 6.08 Å². The van der Waals surface area contributed by atoms with Crippen LogP contribution in [-0.2, 0) is 6.42 Å². The van der Waals surface area contributed by atoms with Crippen LogP contribution in [0.4, 0.5) is 0 Å². The Morgan fingerprint density at radius 1 is 1.73 bits per heavy atom. The lowest BCUT2D eigenvalue weighted by atomic mass is 10.1. The minimum Gasteiger partial charge on any atom is -0.320 e. The average molecular weight is 152 g/mol. The quantitative estimate of drug-likeness (QED) is 0.562. The summed E-state index contributed by atoms with van der Waals surface area (Å²) < 4.78 is 0. The number of hydrogen-bond donors (Lipinski definition) is 1. The van der Waals surface area contributed by atoms with Crippen molar-refractivity contribution in [3.8, 4) is 0 Å². The molecule has 1 N–H and O–H groups in total. The zero-order valence-electron chi connectivity index (χ0n) is 6.37. The van der Waals surface area contributed by atoms with Crippen molar-refractivity contribution in [3.05, 3.63) is 17.5 Å². The van der Waals surface area contributed by atoms with E-state index in [4.69, 9.17) is 4.84 Å². The van der Waals surface area contributed by atoms with Gasteiger partial charge in [0, 0.05) is 16.4 Å². The molecule has 4 heteroatoms. The first kappa shape index (κ1) is 6.39. The second-order valence-corrected chi connectivity index (χ2v) is 2.46. The molecular formula is C7H10N3O+. The van der Waals surface area contributed by atoms with Gasteiger partial charge < -0.3 is 4.84 Å². The van der Waals surface area contributed by atoms with E-state index < -0.39 is 0 Å². The Kier molecular flexibility index (Phi) is 1.38. The molecule has 0 unspecified atom stereocenters. The number of aryl methyl sites for hydroxylation is 1. The first-order valence-electron chi connectivity index (χ1n) is 3.62. The Bertz CT molecular complexity index is 290. The van der Waals surface area contributed by atoms with Crippen molar-refractivity contribution in [3.63, 3.8) is 0 Å². The van der Waals surface area contributed by atoms with Crippen molar-refractivity contribution in [2.24, 2.45) is 0 Å². The highest BCUT2D eigenvalue weighted by Gasteiger charge is 2.21. The molecule has 0 amide bonds. The van der Waals surface area contributed by atoms with Gasteiger partial charge in [0.1, 0.15) is 7.11 Å². The Morgan fingerprint density at radius 3 is 3.45 bits per heavy atom. The van der Waals surface area contributed by atoms with E-state index in [2.05, 4.69) is 16.4 Å². The van der Waals surface area contributed by atoms with Gasteiger partial charge in [0.25, 0.3) is 0 Å². The standard InChI is InChI=1S/C7H9N3O/c1-11-10-7-5-3-2-4-6(7)8-9-10/h3,5H,2,4H2,1H3/p+1. The molecule has 2 rings (SSSR count). The lowest BCUT2D eigenvalue weighted by molar-refractivity contribution is -0.930. The summed E-state index contributed by atoms with van der Waals surface area (Å²) in [5, 5.41) is 6.85. The monoisotopic (exact) mass is 152 g/mol. The normalized spacial score (nSPS) is 14.6. The van der Waals surface area contributed by atoms with Crippen molar-refractivity contribution < 1.29 is 9.68 Å². The molecule has 0 saturated carbocycles. The van der Waals surface area contributed by atoms with Crippen molar-refractivity contribution in [2.45, 2.75) is 12.8 Å². The van der Waals surface area contributed by atoms with Crippen molar-refractivity contribution >= 4 is 6.08 Å². The average Bonchev–Trinajstić information content (AvgIpc) is 2.47. The molecule has 1 aromatic heterocycles. The smallest absolute Gasteiger partial charge is 0.244 e. The molecule has 4 nitrogen and oxygen atoms in total. The first-order chi connectivity index (χ1) is 5.42. The highest BCUT2D eigenvalue weighted by atomic mass is 16.7. The van der Waals surface area contributed by atoms with Gasteiger partial charge in [-0.2, -0.15) is 0 Å². The van der Waals surface area contributed by atoms with Gasteiger partial charge in [0.2, 0.25) is 11.4 Å². The predicted octanol–water partition coefficient (Wildman–Crippen LogP) is -0.285. The Hall–Kier alpha value is -1.32. The first-order valence-corrected chi connectivity index (χ1v) is 3.62. The maximum absolute atomic E-state index is 5.00. The minimum absolute atomic E-state index is 0.999. The van der Waals surface area contributed by atoms with Gasteiger partial charge in [-0.3, -0.25) is 0 Å². The summed E-state index contributed by atoms with van der Waals surface area (Å²) in [6.07, 6.45) is 6.21. The fraction of sp³-hybridized carbons (Fsp3) is 0.429. The third kappa shape index (κ3) is 0.906. The highest BCUT2D eigenvalue weighted by Crippen LogP contribution is 2.11. The number of hydrogen-bond acceptors (Lipinski definition) is 2. The Balaban J connectivity index is 2.48. The topological polar surface area (TPSA) is 41.8 Å². The van der Waals surface area contributed by atoms with Gasteiger partial charge in [0.05, 0.1) is 0 Å². The van der Waals surface area contributed by atoms with Crippen LogP contribution in [0.1, 0.15) is 17.8 Å². The van der Waals surface area contributed by atoms with Crippen LogP contribution < -0.4 is 9.68 Å². The Labute approximate surface area is 64.4 Å². The number of nitrogens with one attached hydrogen (secondary N) is 1. The van der Waals surface area contributed by atoms with Crippen LogP contribution in [0.5, 0.6) is 0 Å². The SMILES string of the molecule is CO[n+]1[nH]nc2c1C=CCC2. The van der Waals surface area contributed by atoms with Crippen LogP contribution in [0.2, 0.25) is 0 Å². The van der Waals surface area contributed by atoms with Crippen LogP contribution >= 0.6 is 0 Å². The molecule has 1 aromatic rings. The van der Waals surface area contributed by atoms with Gasteiger partial charge in [-0.15, -0.1) is 0 Å². The molecule has 1 aliphatic rings. The number of allylic oxidation sites excluding steroid dienone is 1. The largest absolute Gasteiger partial charge is 0.320 e. The summed E-state index contributed by atoms with van der Waals surface area (Å²) in [4.78, 5) is 6.56. The zero-order valence-corrected chi connectivity index (χ0v) is 6.37. The molecular weight excluding hydrogens is 142 g/mol. The van der Waals surface area contributed by atoms with Crippen molar-refractivity contribution in [2.75, 3.05) is 7.11 Å². The molecule has 0 bridgehead atoms. The highest BCUT2D eigenvalue weighted by molar-refractivity contribution is 5.46. The van der Waals surface area contributed by atoms with E-state index in [1.165, 1.54) is 0 Å². The third-order valence-corrected chi connectivity index (χ3v) is 1.80. The van der Waals surface area contributed by atoms with Gasteiger partial charge in [-0.25, -0.2) is 0 Å². The van der Waals surface area contributed by atoms with E-state index in [1.54, 1.807) is 12.0 Å². The second-order valence-electron chi connectivity index (χ2n) is 2.46. The molecule has 0 aromatic carbocycles. The molecule has 0 fully saturated rings. The summed E-state index contributed by atoms with van der Waals surface area (Å²) in [5.41, 5.74) is 2.10. The molecule has 0 spiro atoms.